The van der Waals surface area contributed by atoms with Crippen LogP contribution in [0.4, 0.5) is 13.2 Å². The van der Waals surface area contributed by atoms with Gasteiger partial charge >= 0.3 is 6.18 Å². The summed E-state index contributed by atoms with van der Waals surface area (Å²) in [5.74, 6) is 2.30. The fraction of sp³-hybridized carbons (Fsp3) is 0.190. The molecule has 0 spiro atoms. The summed E-state index contributed by atoms with van der Waals surface area (Å²) >= 11 is 0. The summed E-state index contributed by atoms with van der Waals surface area (Å²) < 4.78 is 48.6. The zero-order valence-corrected chi connectivity index (χ0v) is 16.3. The molecule has 0 atom stereocenters. The van der Waals surface area contributed by atoms with Gasteiger partial charge in [-0.25, -0.2) is 4.98 Å². The quantitative estimate of drug-likeness (QED) is 0.471. The molecular weight excluding hydrogens is 395 g/mol. The lowest BCUT2D eigenvalue weighted by Crippen LogP contribution is -2.07. The minimum Gasteiger partial charge on any atom is -0.467 e. The smallest absolute Gasteiger partial charge is 0.416 e. The summed E-state index contributed by atoms with van der Waals surface area (Å²) in [7, 11) is 1.84. The minimum absolute atomic E-state index is 0.178. The Morgan fingerprint density at radius 1 is 1.10 bits per heavy atom. The molecule has 0 aliphatic heterocycles. The van der Waals surface area contributed by atoms with Gasteiger partial charge in [0.05, 0.1) is 18.4 Å². The van der Waals surface area contributed by atoms with Gasteiger partial charge in [0, 0.05) is 19.4 Å². The Bertz CT molecular complexity index is 1190. The number of halogens is 3. The van der Waals surface area contributed by atoms with E-state index in [1.807, 2.05) is 17.7 Å². The first-order chi connectivity index (χ1) is 14.3. The topological polar surface area (TPSA) is 61.7 Å². The maximum atomic E-state index is 13.2. The Balaban J connectivity index is 1.73. The molecule has 0 aliphatic rings. The zero-order chi connectivity index (χ0) is 21.3. The number of nitrogens with zero attached hydrogens (tertiary/aromatic N) is 5. The van der Waals surface area contributed by atoms with Crippen molar-refractivity contribution in [3.05, 3.63) is 77.3 Å². The molecule has 3 aromatic heterocycles. The lowest BCUT2D eigenvalue weighted by Gasteiger charge is -2.10. The normalized spacial score (nSPS) is 12.2. The Morgan fingerprint density at radius 3 is 2.60 bits per heavy atom. The number of furan rings is 1. The second-order valence-corrected chi connectivity index (χ2v) is 6.81. The monoisotopic (exact) mass is 413 g/mol. The summed E-state index contributed by atoms with van der Waals surface area (Å²) in [6.07, 6.45) is 3.83. The molecule has 0 N–H and O–H groups in total. The van der Waals surface area contributed by atoms with E-state index in [2.05, 4.69) is 15.2 Å². The molecule has 0 saturated heterocycles. The average molecular weight is 413 g/mol. The zero-order valence-electron chi connectivity index (χ0n) is 16.3. The van der Waals surface area contributed by atoms with Crippen LogP contribution in [0, 0.1) is 6.92 Å². The molecule has 1 aromatic carbocycles. The molecule has 0 bridgehead atoms. The first kappa shape index (κ1) is 19.7. The highest BCUT2D eigenvalue weighted by Crippen LogP contribution is 2.32. The van der Waals surface area contributed by atoms with Crippen molar-refractivity contribution in [2.75, 3.05) is 0 Å². The van der Waals surface area contributed by atoms with Crippen molar-refractivity contribution in [2.45, 2.75) is 19.6 Å². The van der Waals surface area contributed by atoms with E-state index in [0.29, 0.717) is 35.3 Å². The number of imidazole rings is 1. The SMILES string of the molecule is Cc1ccc(/C=C/c2nnc(-c3nccn3C)n2Cc2ccco2)cc1C(F)(F)F. The van der Waals surface area contributed by atoms with Gasteiger partial charge in [0.15, 0.2) is 11.6 Å². The highest BCUT2D eigenvalue weighted by molar-refractivity contribution is 5.68. The highest BCUT2D eigenvalue weighted by Gasteiger charge is 2.32. The Labute approximate surface area is 170 Å². The first-order valence-electron chi connectivity index (χ1n) is 9.12. The van der Waals surface area contributed by atoms with Crippen molar-refractivity contribution >= 4 is 12.2 Å². The molecule has 154 valence electrons. The predicted molar refractivity (Wildman–Crippen MR) is 105 cm³/mol. The number of hydrogen-bond acceptors (Lipinski definition) is 4. The van der Waals surface area contributed by atoms with Crippen molar-refractivity contribution in [1.82, 2.24) is 24.3 Å². The number of alkyl halides is 3. The van der Waals surface area contributed by atoms with Crippen molar-refractivity contribution < 1.29 is 17.6 Å². The third-order valence-corrected chi connectivity index (χ3v) is 4.69. The number of aryl methyl sites for hydroxylation is 2. The molecule has 0 radical (unpaired) electrons. The average Bonchev–Trinajstić information content (AvgIpc) is 3.43. The van der Waals surface area contributed by atoms with E-state index in [9.17, 15) is 13.2 Å². The molecule has 0 aliphatic carbocycles. The van der Waals surface area contributed by atoms with Crippen LogP contribution in [0.25, 0.3) is 23.8 Å². The molecule has 9 heteroatoms. The van der Waals surface area contributed by atoms with Crippen LogP contribution in [0.15, 0.2) is 53.4 Å². The number of benzene rings is 1. The summed E-state index contributed by atoms with van der Waals surface area (Å²) in [6.45, 7) is 1.79. The van der Waals surface area contributed by atoms with E-state index in [1.54, 1.807) is 47.5 Å². The van der Waals surface area contributed by atoms with Crippen molar-refractivity contribution in [2.24, 2.45) is 7.05 Å². The van der Waals surface area contributed by atoms with Crippen LogP contribution in [0.2, 0.25) is 0 Å². The highest BCUT2D eigenvalue weighted by atomic mass is 19.4. The van der Waals surface area contributed by atoms with Gasteiger partial charge in [-0.15, -0.1) is 10.2 Å². The van der Waals surface area contributed by atoms with Crippen LogP contribution in [-0.2, 0) is 19.8 Å². The molecule has 4 rings (SSSR count). The van der Waals surface area contributed by atoms with Gasteiger partial charge in [-0.1, -0.05) is 18.2 Å². The lowest BCUT2D eigenvalue weighted by atomic mass is 10.0. The Morgan fingerprint density at radius 2 is 1.93 bits per heavy atom. The van der Waals surface area contributed by atoms with E-state index >= 15 is 0 Å². The van der Waals surface area contributed by atoms with Gasteiger partial charge in [-0.3, -0.25) is 4.57 Å². The molecule has 0 amide bonds. The summed E-state index contributed by atoms with van der Waals surface area (Å²) in [5, 5.41) is 8.45. The largest absolute Gasteiger partial charge is 0.467 e. The first-order valence-corrected chi connectivity index (χ1v) is 9.12. The van der Waals surface area contributed by atoms with Gasteiger partial charge < -0.3 is 8.98 Å². The maximum Gasteiger partial charge on any atom is 0.416 e. The Hall–Kier alpha value is -3.62. The standard InChI is InChI=1S/C21H18F3N5O/c1-14-5-6-15(12-17(14)21(22,23)24)7-8-18-26-27-20(19-25-9-10-28(19)2)29(18)13-16-4-3-11-30-16/h3-12H,13H2,1-2H3/b8-7+. The minimum atomic E-state index is -4.40. The summed E-state index contributed by atoms with van der Waals surface area (Å²) in [6, 6.07) is 7.81. The van der Waals surface area contributed by atoms with Gasteiger partial charge in [0.1, 0.15) is 5.76 Å². The molecule has 4 aromatic rings. The van der Waals surface area contributed by atoms with Crippen LogP contribution >= 0.6 is 0 Å². The molecule has 0 fully saturated rings. The molecular formula is C21H18F3N5O. The maximum absolute atomic E-state index is 13.2. The van der Waals surface area contributed by atoms with E-state index < -0.39 is 11.7 Å². The van der Waals surface area contributed by atoms with Crippen molar-refractivity contribution in [3.63, 3.8) is 0 Å². The second-order valence-electron chi connectivity index (χ2n) is 6.81. The summed E-state index contributed by atoms with van der Waals surface area (Å²) in [5.41, 5.74) is -0.0629. The third-order valence-electron chi connectivity index (χ3n) is 4.69. The summed E-state index contributed by atoms with van der Waals surface area (Å²) in [4.78, 5) is 4.32. The van der Waals surface area contributed by atoms with Crippen molar-refractivity contribution in [1.29, 1.82) is 0 Å². The van der Waals surface area contributed by atoms with Crippen LogP contribution < -0.4 is 0 Å². The van der Waals surface area contributed by atoms with Crippen molar-refractivity contribution in [3.8, 4) is 11.6 Å². The van der Waals surface area contributed by atoms with Gasteiger partial charge in [-0.05, 0) is 42.3 Å². The molecule has 30 heavy (non-hydrogen) atoms. The molecule has 0 unspecified atom stereocenters. The van der Waals surface area contributed by atoms with Gasteiger partial charge in [-0.2, -0.15) is 13.2 Å². The third kappa shape index (κ3) is 3.91. The lowest BCUT2D eigenvalue weighted by molar-refractivity contribution is -0.138. The molecule has 0 saturated carbocycles. The van der Waals surface area contributed by atoms with Crippen LogP contribution in [0.1, 0.15) is 28.3 Å². The fourth-order valence-electron chi connectivity index (χ4n) is 3.12. The second kappa shape index (κ2) is 7.66. The molecule has 3 heterocycles. The van der Waals surface area contributed by atoms with E-state index in [4.69, 9.17) is 4.42 Å². The number of rotatable bonds is 5. The van der Waals surface area contributed by atoms with Crippen LogP contribution in [0.3, 0.4) is 0 Å². The fourth-order valence-corrected chi connectivity index (χ4v) is 3.12. The van der Waals surface area contributed by atoms with Gasteiger partial charge in [0.2, 0.25) is 5.82 Å². The van der Waals surface area contributed by atoms with Crippen LogP contribution in [-0.4, -0.2) is 24.3 Å². The Kier molecular flexibility index (Phi) is 5.03. The van der Waals surface area contributed by atoms with Crippen LogP contribution in [0.5, 0.6) is 0 Å². The predicted octanol–water partition coefficient (Wildman–Crippen LogP) is 4.82. The van der Waals surface area contributed by atoms with E-state index in [1.165, 1.54) is 13.0 Å². The number of hydrogen-bond donors (Lipinski definition) is 0. The van der Waals surface area contributed by atoms with Gasteiger partial charge in [0.25, 0.3) is 0 Å². The van der Waals surface area contributed by atoms with E-state index in [0.717, 1.165) is 6.07 Å². The van der Waals surface area contributed by atoms with E-state index in [-0.39, 0.29) is 5.56 Å². The number of aromatic nitrogens is 5. The molecule has 6 nitrogen and oxygen atoms in total.